The van der Waals surface area contributed by atoms with Gasteiger partial charge < -0.3 is 4.90 Å². The van der Waals surface area contributed by atoms with Crippen LogP contribution in [0.3, 0.4) is 0 Å². The van der Waals surface area contributed by atoms with Gasteiger partial charge in [0.25, 0.3) is 0 Å². The van der Waals surface area contributed by atoms with Gasteiger partial charge in [-0.1, -0.05) is 23.7 Å². The lowest BCUT2D eigenvalue weighted by Crippen LogP contribution is -2.28. The number of benzene rings is 2. The van der Waals surface area contributed by atoms with Crippen LogP contribution in [0.5, 0.6) is 0 Å². The Labute approximate surface area is 148 Å². The molecule has 0 amide bonds. The van der Waals surface area contributed by atoms with E-state index in [0.29, 0.717) is 10.7 Å². The Hall–Kier alpha value is -1.72. The second kappa shape index (κ2) is 7.03. The minimum Gasteiger partial charge on any atom is -0.372 e. The molecular weight excluding hydrogens is 344 g/mol. The molecule has 2 aromatic rings. The van der Waals surface area contributed by atoms with Gasteiger partial charge >= 0.3 is 0 Å². The zero-order valence-electron chi connectivity index (χ0n) is 13.7. The molecule has 4 nitrogen and oxygen atoms in total. The van der Waals surface area contributed by atoms with Crippen LogP contribution in [-0.4, -0.2) is 28.6 Å². The lowest BCUT2D eigenvalue weighted by atomic mass is 10.2. The van der Waals surface area contributed by atoms with E-state index in [4.69, 9.17) is 11.6 Å². The number of anilines is 2. The maximum Gasteiger partial charge on any atom is 0.239 e. The topological polar surface area (TPSA) is 40.6 Å². The lowest BCUT2D eigenvalue weighted by molar-refractivity contribution is 0.593. The van der Waals surface area contributed by atoms with Crippen LogP contribution in [0.15, 0.2) is 48.5 Å². The molecule has 0 aliphatic carbocycles. The molecule has 0 spiro atoms. The Kier molecular flexibility index (Phi) is 5.01. The third-order valence-corrected chi connectivity index (χ3v) is 6.36. The van der Waals surface area contributed by atoms with Gasteiger partial charge in [-0.2, -0.15) is 0 Å². The average molecular weight is 365 g/mol. The summed E-state index contributed by atoms with van der Waals surface area (Å²) < 4.78 is 26.6. The normalized spacial score (nSPS) is 14.8. The Morgan fingerprint density at radius 1 is 1.00 bits per heavy atom. The fraction of sp³-hybridized carbons (Fsp3) is 0.333. The maximum absolute atomic E-state index is 12.6. The van der Waals surface area contributed by atoms with Crippen molar-refractivity contribution in [2.24, 2.45) is 0 Å². The zero-order chi connectivity index (χ0) is 17.2. The standard InChI is InChI=1S/C18H21ClN2O2S/c1-20(24(22,23)14-15-4-6-16(19)7-5-15)17-8-10-18(11-9-17)21-12-2-3-13-21/h4-11H,2-3,12-14H2,1H3. The minimum atomic E-state index is -3.43. The monoisotopic (exact) mass is 364 g/mol. The van der Waals surface area contributed by atoms with Crippen LogP contribution < -0.4 is 9.21 Å². The molecule has 1 saturated heterocycles. The van der Waals surface area contributed by atoms with Crippen LogP contribution in [0.2, 0.25) is 5.02 Å². The second-order valence-corrected chi connectivity index (χ2v) is 8.50. The fourth-order valence-electron chi connectivity index (χ4n) is 2.90. The fourth-order valence-corrected chi connectivity index (χ4v) is 4.27. The summed E-state index contributed by atoms with van der Waals surface area (Å²) in [6.45, 7) is 2.15. The molecule has 6 heteroatoms. The average Bonchev–Trinajstić information content (AvgIpc) is 3.11. The molecule has 0 radical (unpaired) electrons. The van der Waals surface area contributed by atoms with Crippen molar-refractivity contribution in [1.29, 1.82) is 0 Å². The Morgan fingerprint density at radius 2 is 1.58 bits per heavy atom. The Bertz CT molecular complexity index is 783. The quantitative estimate of drug-likeness (QED) is 0.807. The summed E-state index contributed by atoms with van der Waals surface area (Å²) in [5.41, 5.74) is 2.55. The van der Waals surface area contributed by atoms with Gasteiger partial charge in [0.1, 0.15) is 0 Å². The second-order valence-electron chi connectivity index (χ2n) is 6.06. The summed E-state index contributed by atoms with van der Waals surface area (Å²) in [7, 11) is -1.84. The molecule has 24 heavy (non-hydrogen) atoms. The lowest BCUT2D eigenvalue weighted by Gasteiger charge is -2.22. The molecule has 0 atom stereocenters. The number of sulfonamides is 1. The van der Waals surface area contributed by atoms with E-state index in [0.717, 1.165) is 24.3 Å². The highest BCUT2D eigenvalue weighted by molar-refractivity contribution is 7.92. The highest BCUT2D eigenvalue weighted by Gasteiger charge is 2.20. The van der Waals surface area contributed by atoms with Gasteiger partial charge in [-0.05, 0) is 54.8 Å². The van der Waals surface area contributed by atoms with Crippen LogP contribution >= 0.6 is 11.6 Å². The third-order valence-electron chi connectivity index (χ3n) is 4.36. The molecular formula is C18H21ClN2O2S. The molecule has 0 N–H and O–H groups in total. The first-order chi connectivity index (χ1) is 11.5. The van der Waals surface area contributed by atoms with Gasteiger partial charge in [-0.25, -0.2) is 8.42 Å². The predicted octanol–water partition coefficient (Wildman–Crippen LogP) is 3.91. The van der Waals surface area contributed by atoms with Crippen molar-refractivity contribution in [2.45, 2.75) is 18.6 Å². The van der Waals surface area contributed by atoms with E-state index in [1.807, 2.05) is 24.3 Å². The van der Waals surface area contributed by atoms with Crippen LogP contribution in [0.4, 0.5) is 11.4 Å². The van der Waals surface area contributed by atoms with E-state index in [1.165, 1.54) is 17.1 Å². The van der Waals surface area contributed by atoms with Crippen molar-refractivity contribution in [3.8, 4) is 0 Å². The van der Waals surface area contributed by atoms with Gasteiger partial charge in [0.15, 0.2) is 0 Å². The van der Waals surface area contributed by atoms with E-state index in [-0.39, 0.29) is 5.75 Å². The molecule has 0 bridgehead atoms. The van der Waals surface area contributed by atoms with Crippen molar-refractivity contribution >= 4 is 33.0 Å². The Morgan fingerprint density at radius 3 is 2.17 bits per heavy atom. The smallest absolute Gasteiger partial charge is 0.239 e. The van der Waals surface area contributed by atoms with E-state index in [1.54, 1.807) is 31.3 Å². The molecule has 128 valence electrons. The third kappa shape index (κ3) is 3.84. The molecule has 0 saturated carbocycles. The van der Waals surface area contributed by atoms with E-state index in [2.05, 4.69) is 4.90 Å². The molecule has 0 unspecified atom stereocenters. The first-order valence-corrected chi connectivity index (χ1v) is 10.0. The van der Waals surface area contributed by atoms with Crippen molar-refractivity contribution < 1.29 is 8.42 Å². The summed E-state index contributed by atoms with van der Waals surface area (Å²) >= 11 is 5.85. The highest BCUT2D eigenvalue weighted by Crippen LogP contribution is 2.25. The number of hydrogen-bond donors (Lipinski definition) is 0. The number of halogens is 1. The summed E-state index contributed by atoms with van der Waals surface area (Å²) in [6, 6.07) is 14.6. The van der Waals surface area contributed by atoms with Crippen LogP contribution in [0, 0.1) is 0 Å². The van der Waals surface area contributed by atoms with Gasteiger partial charge in [-0.3, -0.25) is 4.31 Å². The largest absolute Gasteiger partial charge is 0.372 e. The molecule has 1 aliphatic rings. The molecule has 1 fully saturated rings. The number of rotatable bonds is 5. The highest BCUT2D eigenvalue weighted by atomic mass is 35.5. The first-order valence-electron chi connectivity index (χ1n) is 8.02. The van der Waals surface area contributed by atoms with Crippen molar-refractivity contribution in [1.82, 2.24) is 0 Å². The predicted molar refractivity (Wildman–Crippen MR) is 100 cm³/mol. The molecule has 0 aromatic heterocycles. The summed E-state index contributed by atoms with van der Waals surface area (Å²) in [4.78, 5) is 2.33. The first kappa shape index (κ1) is 17.1. The van der Waals surface area contributed by atoms with Crippen LogP contribution in [-0.2, 0) is 15.8 Å². The minimum absolute atomic E-state index is 0.0471. The van der Waals surface area contributed by atoms with E-state index < -0.39 is 10.0 Å². The summed E-state index contributed by atoms with van der Waals surface area (Å²) in [5.74, 6) is -0.0471. The number of hydrogen-bond acceptors (Lipinski definition) is 3. The van der Waals surface area contributed by atoms with Gasteiger partial charge in [0.2, 0.25) is 10.0 Å². The SMILES string of the molecule is CN(c1ccc(N2CCCC2)cc1)S(=O)(=O)Cc1ccc(Cl)cc1. The van der Waals surface area contributed by atoms with Crippen molar-refractivity contribution in [2.75, 3.05) is 29.3 Å². The Balaban J connectivity index is 1.74. The van der Waals surface area contributed by atoms with E-state index >= 15 is 0 Å². The molecule has 1 heterocycles. The summed E-state index contributed by atoms with van der Waals surface area (Å²) in [6.07, 6.45) is 2.44. The maximum atomic E-state index is 12.6. The zero-order valence-corrected chi connectivity index (χ0v) is 15.2. The van der Waals surface area contributed by atoms with Crippen molar-refractivity contribution in [3.63, 3.8) is 0 Å². The van der Waals surface area contributed by atoms with Gasteiger partial charge in [0.05, 0.1) is 11.4 Å². The van der Waals surface area contributed by atoms with Crippen LogP contribution in [0.25, 0.3) is 0 Å². The van der Waals surface area contributed by atoms with Crippen molar-refractivity contribution in [3.05, 3.63) is 59.1 Å². The molecule has 3 rings (SSSR count). The molecule has 2 aromatic carbocycles. The van der Waals surface area contributed by atoms with Gasteiger partial charge in [-0.15, -0.1) is 0 Å². The van der Waals surface area contributed by atoms with Gasteiger partial charge in [0, 0.05) is 30.8 Å². The van der Waals surface area contributed by atoms with Crippen LogP contribution in [0.1, 0.15) is 18.4 Å². The summed E-state index contributed by atoms with van der Waals surface area (Å²) in [5, 5.41) is 0.599. The molecule has 1 aliphatic heterocycles. The van der Waals surface area contributed by atoms with E-state index in [9.17, 15) is 8.42 Å². The number of nitrogens with zero attached hydrogens (tertiary/aromatic N) is 2.